The fourth-order valence-corrected chi connectivity index (χ4v) is 2.83. The molecule has 1 amide bonds. The Morgan fingerprint density at radius 2 is 2.14 bits per heavy atom. The molecule has 118 valence electrons. The molecule has 0 unspecified atom stereocenters. The molecular weight excluding hydrogens is 274 g/mol. The van der Waals surface area contributed by atoms with Crippen LogP contribution in [0.15, 0.2) is 30.5 Å². The maximum absolute atomic E-state index is 11.3. The van der Waals surface area contributed by atoms with Gasteiger partial charge in [-0.1, -0.05) is 18.2 Å². The first-order valence-corrected chi connectivity index (χ1v) is 8.17. The van der Waals surface area contributed by atoms with E-state index in [-0.39, 0.29) is 5.91 Å². The average Bonchev–Trinajstić information content (AvgIpc) is 3.28. The van der Waals surface area contributed by atoms with Crippen LogP contribution in [0, 0.1) is 0 Å². The molecule has 0 spiro atoms. The quantitative estimate of drug-likeness (QED) is 0.853. The molecule has 1 aliphatic rings. The zero-order valence-corrected chi connectivity index (χ0v) is 13.5. The number of para-hydroxylation sites is 1. The summed E-state index contributed by atoms with van der Waals surface area (Å²) in [6.45, 7) is 4.32. The molecule has 1 N–H and O–H groups in total. The Bertz CT molecular complexity index is 657. The third kappa shape index (κ3) is 3.50. The highest BCUT2D eigenvalue weighted by Gasteiger charge is 2.20. The van der Waals surface area contributed by atoms with Crippen LogP contribution in [0.25, 0.3) is 10.9 Å². The molecule has 1 heterocycles. The Hall–Kier alpha value is -1.81. The van der Waals surface area contributed by atoms with E-state index in [1.165, 1.54) is 29.3 Å². The first kappa shape index (κ1) is 15.1. The van der Waals surface area contributed by atoms with Crippen molar-refractivity contribution in [3.63, 3.8) is 0 Å². The van der Waals surface area contributed by atoms with Crippen LogP contribution in [-0.4, -0.2) is 35.0 Å². The molecule has 0 atom stereocenters. The summed E-state index contributed by atoms with van der Waals surface area (Å²) in [5, 5.41) is 4.94. The van der Waals surface area contributed by atoms with Crippen molar-refractivity contribution in [2.75, 3.05) is 13.6 Å². The molecule has 1 aromatic carbocycles. The summed E-state index contributed by atoms with van der Waals surface area (Å²) in [5.74, 6) is 0.131. The normalized spacial score (nSPS) is 14.5. The van der Waals surface area contributed by atoms with E-state index in [9.17, 15) is 4.79 Å². The van der Waals surface area contributed by atoms with Gasteiger partial charge in [0.1, 0.15) is 0 Å². The third-order valence-corrected chi connectivity index (χ3v) is 4.46. The number of hydrogen-bond acceptors (Lipinski definition) is 2. The predicted octanol–water partition coefficient (Wildman–Crippen LogP) is 2.76. The molecular formula is C18H25N3O. The Kier molecular flexibility index (Phi) is 4.48. The maximum Gasteiger partial charge on any atom is 0.219 e. The van der Waals surface area contributed by atoms with Gasteiger partial charge < -0.3 is 14.8 Å². The standard InChI is InChI=1S/C18H25N3O/c1-14(22)20(2)10-5-11-21-13-15(12-19-16-8-9-16)17-6-3-4-7-18(17)21/h3-4,6-7,13,16,19H,5,8-12H2,1-2H3. The monoisotopic (exact) mass is 299 g/mol. The molecule has 0 radical (unpaired) electrons. The summed E-state index contributed by atoms with van der Waals surface area (Å²) in [7, 11) is 1.86. The summed E-state index contributed by atoms with van der Waals surface area (Å²) in [5.41, 5.74) is 2.67. The van der Waals surface area contributed by atoms with Crippen LogP contribution in [-0.2, 0) is 17.9 Å². The van der Waals surface area contributed by atoms with E-state index in [0.29, 0.717) is 0 Å². The number of hydrogen-bond donors (Lipinski definition) is 1. The van der Waals surface area contributed by atoms with Gasteiger partial charge in [0.15, 0.2) is 0 Å². The maximum atomic E-state index is 11.3. The van der Waals surface area contributed by atoms with E-state index < -0.39 is 0 Å². The molecule has 1 aliphatic carbocycles. The van der Waals surface area contributed by atoms with Crippen molar-refractivity contribution in [2.24, 2.45) is 0 Å². The number of carbonyl (C=O) groups is 1. The van der Waals surface area contributed by atoms with Gasteiger partial charge in [0.2, 0.25) is 5.91 Å². The lowest BCUT2D eigenvalue weighted by Crippen LogP contribution is -2.25. The van der Waals surface area contributed by atoms with Crippen LogP contribution < -0.4 is 5.32 Å². The van der Waals surface area contributed by atoms with Crippen LogP contribution in [0.2, 0.25) is 0 Å². The minimum Gasteiger partial charge on any atom is -0.347 e. The fourth-order valence-electron chi connectivity index (χ4n) is 2.83. The third-order valence-electron chi connectivity index (χ3n) is 4.46. The second-order valence-corrected chi connectivity index (χ2v) is 6.31. The number of carbonyl (C=O) groups excluding carboxylic acids is 1. The van der Waals surface area contributed by atoms with Crippen molar-refractivity contribution in [3.8, 4) is 0 Å². The molecule has 22 heavy (non-hydrogen) atoms. The van der Waals surface area contributed by atoms with E-state index in [1.807, 2.05) is 7.05 Å². The van der Waals surface area contributed by atoms with Crippen LogP contribution in [0.4, 0.5) is 0 Å². The van der Waals surface area contributed by atoms with E-state index in [4.69, 9.17) is 0 Å². The number of nitrogens with one attached hydrogen (secondary N) is 1. The number of amides is 1. The lowest BCUT2D eigenvalue weighted by molar-refractivity contribution is -0.127. The van der Waals surface area contributed by atoms with E-state index in [1.54, 1.807) is 11.8 Å². The highest BCUT2D eigenvalue weighted by molar-refractivity contribution is 5.84. The fraction of sp³-hybridized carbons (Fsp3) is 0.500. The minimum absolute atomic E-state index is 0.131. The van der Waals surface area contributed by atoms with Crippen LogP contribution in [0.1, 0.15) is 31.7 Å². The number of rotatable bonds is 7. The summed E-state index contributed by atoms with van der Waals surface area (Å²) >= 11 is 0. The molecule has 3 rings (SSSR count). The zero-order valence-electron chi connectivity index (χ0n) is 13.5. The van der Waals surface area contributed by atoms with Gasteiger partial charge in [-0.3, -0.25) is 4.79 Å². The highest BCUT2D eigenvalue weighted by Crippen LogP contribution is 2.24. The molecule has 4 heteroatoms. The topological polar surface area (TPSA) is 37.3 Å². The smallest absolute Gasteiger partial charge is 0.219 e. The minimum atomic E-state index is 0.131. The van der Waals surface area contributed by atoms with Crippen molar-refractivity contribution in [1.82, 2.24) is 14.8 Å². The van der Waals surface area contributed by atoms with Crippen LogP contribution >= 0.6 is 0 Å². The van der Waals surface area contributed by atoms with Crippen molar-refractivity contribution < 1.29 is 4.79 Å². The molecule has 0 aliphatic heterocycles. The molecule has 1 aromatic heterocycles. The van der Waals surface area contributed by atoms with Gasteiger partial charge in [0.05, 0.1) is 0 Å². The molecule has 1 fully saturated rings. The number of nitrogens with zero attached hydrogens (tertiary/aromatic N) is 2. The Labute approximate surface area is 132 Å². The van der Waals surface area contributed by atoms with E-state index in [2.05, 4.69) is 40.3 Å². The number of benzene rings is 1. The zero-order chi connectivity index (χ0) is 15.5. The van der Waals surface area contributed by atoms with Gasteiger partial charge in [-0.25, -0.2) is 0 Å². The second kappa shape index (κ2) is 6.53. The Balaban J connectivity index is 1.69. The molecule has 1 saturated carbocycles. The average molecular weight is 299 g/mol. The first-order chi connectivity index (χ1) is 10.6. The molecule has 2 aromatic rings. The Morgan fingerprint density at radius 1 is 1.36 bits per heavy atom. The van der Waals surface area contributed by atoms with Gasteiger partial charge in [0.25, 0.3) is 0 Å². The summed E-state index contributed by atoms with van der Waals surface area (Å²) in [6.07, 6.45) is 5.88. The summed E-state index contributed by atoms with van der Waals surface area (Å²) in [4.78, 5) is 13.0. The van der Waals surface area contributed by atoms with Gasteiger partial charge in [0, 0.05) is 56.7 Å². The number of aromatic nitrogens is 1. The van der Waals surface area contributed by atoms with Gasteiger partial charge in [-0.2, -0.15) is 0 Å². The van der Waals surface area contributed by atoms with Crippen molar-refractivity contribution >= 4 is 16.8 Å². The SMILES string of the molecule is CC(=O)N(C)CCCn1cc(CNC2CC2)c2ccccc21. The summed E-state index contributed by atoms with van der Waals surface area (Å²) < 4.78 is 2.33. The summed E-state index contributed by atoms with van der Waals surface area (Å²) in [6, 6.07) is 9.32. The molecule has 4 nitrogen and oxygen atoms in total. The van der Waals surface area contributed by atoms with Gasteiger partial charge >= 0.3 is 0 Å². The predicted molar refractivity (Wildman–Crippen MR) is 89.7 cm³/mol. The van der Waals surface area contributed by atoms with Gasteiger partial charge in [-0.05, 0) is 30.9 Å². The molecule has 0 saturated heterocycles. The lowest BCUT2D eigenvalue weighted by Gasteiger charge is -2.14. The number of aryl methyl sites for hydroxylation is 1. The van der Waals surface area contributed by atoms with E-state index >= 15 is 0 Å². The van der Waals surface area contributed by atoms with Crippen molar-refractivity contribution in [3.05, 3.63) is 36.0 Å². The molecule has 0 bridgehead atoms. The highest BCUT2D eigenvalue weighted by atomic mass is 16.2. The van der Waals surface area contributed by atoms with Crippen LogP contribution in [0.5, 0.6) is 0 Å². The van der Waals surface area contributed by atoms with Crippen LogP contribution in [0.3, 0.4) is 0 Å². The lowest BCUT2D eigenvalue weighted by atomic mass is 10.2. The van der Waals surface area contributed by atoms with Gasteiger partial charge in [-0.15, -0.1) is 0 Å². The number of fused-ring (bicyclic) bond motifs is 1. The van der Waals surface area contributed by atoms with E-state index in [0.717, 1.165) is 32.1 Å². The second-order valence-electron chi connectivity index (χ2n) is 6.31. The van der Waals surface area contributed by atoms with Crippen molar-refractivity contribution in [2.45, 2.75) is 45.3 Å². The largest absolute Gasteiger partial charge is 0.347 e. The Morgan fingerprint density at radius 3 is 2.86 bits per heavy atom. The van der Waals surface area contributed by atoms with Crippen molar-refractivity contribution in [1.29, 1.82) is 0 Å². The first-order valence-electron chi connectivity index (χ1n) is 8.17.